The Balaban J connectivity index is 2.02. The van der Waals surface area contributed by atoms with Gasteiger partial charge in [-0.25, -0.2) is 0 Å². The molecule has 0 aromatic carbocycles. The third-order valence-corrected chi connectivity index (χ3v) is 5.19. The van der Waals surface area contributed by atoms with Gasteiger partial charge in [0.05, 0.1) is 24.1 Å². The fourth-order valence-corrected chi connectivity index (χ4v) is 4.09. The van der Waals surface area contributed by atoms with Crippen LogP contribution in [-0.4, -0.2) is 64.9 Å². The van der Waals surface area contributed by atoms with Crippen molar-refractivity contribution in [1.29, 1.82) is 0 Å². The lowest BCUT2D eigenvalue weighted by Gasteiger charge is -2.30. The van der Waals surface area contributed by atoms with Gasteiger partial charge in [-0.3, -0.25) is 9.59 Å². The number of thioether (sulfide) groups is 1. The molecule has 7 heteroatoms. The highest BCUT2D eigenvalue weighted by Crippen LogP contribution is 2.47. The maximum absolute atomic E-state index is 12.2. The van der Waals surface area contributed by atoms with Crippen molar-refractivity contribution in [3.63, 3.8) is 0 Å². The van der Waals surface area contributed by atoms with E-state index in [1.54, 1.807) is 16.7 Å². The lowest BCUT2D eigenvalue weighted by atomic mass is 10.2. The second-order valence-corrected chi connectivity index (χ2v) is 6.61. The molecule has 2 aliphatic rings. The number of methoxy groups -OCH3 is 1. The predicted molar refractivity (Wildman–Crippen MR) is 71.6 cm³/mol. The van der Waals surface area contributed by atoms with Crippen molar-refractivity contribution in [2.24, 2.45) is 0 Å². The van der Waals surface area contributed by atoms with Gasteiger partial charge in [-0.05, 0) is 13.3 Å². The largest absolute Gasteiger partial charge is 0.394 e. The average molecular weight is 288 g/mol. The van der Waals surface area contributed by atoms with E-state index in [4.69, 9.17) is 9.84 Å². The molecule has 2 N–H and O–H groups in total. The maximum Gasteiger partial charge on any atom is 0.244 e. The molecule has 0 radical (unpaired) electrons. The quantitative estimate of drug-likeness (QED) is 0.717. The van der Waals surface area contributed by atoms with Crippen molar-refractivity contribution in [2.45, 2.75) is 36.7 Å². The summed E-state index contributed by atoms with van der Waals surface area (Å²) in [6.07, 6.45) is 1.30. The highest BCUT2D eigenvalue weighted by molar-refractivity contribution is 8.01. The second-order valence-electron chi connectivity index (χ2n) is 5.11. The first-order valence-electron chi connectivity index (χ1n) is 6.38. The molecule has 6 nitrogen and oxygen atoms in total. The van der Waals surface area contributed by atoms with Crippen LogP contribution in [0.5, 0.6) is 0 Å². The van der Waals surface area contributed by atoms with E-state index >= 15 is 0 Å². The number of carbonyl (C=O) groups excluding carboxylic acids is 2. The minimum Gasteiger partial charge on any atom is -0.394 e. The zero-order chi connectivity index (χ0) is 14.0. The van der Waals surface area contributed by atoms with E-state index in [0.29, 0.717) is 12.2 Å². The van der Waals surface area contributed by atoms with Crippen LogP contribution in [-0.2, 0) is 14.3 Å². The number of carbonyl (C=O) groups is 2. The van der Waals surface area contributed by atoms with Crippen LogP contribution >= 0.6 is 11.8 Å². The summed E-state index contributed by atoms with van der Waals surface area (Å²) in [6.45, 7) is 2.09. The van der Waals surface area contributed by atoms with Crippen LogP contribution in [0, 0.1) is 0 Å². The Hall–Kier alpha value is -0.790. The van der Waals surface area contributed by atoms with Crippen LogP contribution in [0.15, 0.2) is 0 Å². The van der Waals surface area contributed by atoms with E-state index in [2.05, 4.69) is 5.32 Å². The Kier molecular flexibility index (Phi) is 4.37. The third kappa shape index (κ3) is 2.73. The van der Waals surface area contributed by atoms with E-state index in [0.717, 1.165) is 6.42 Å². The van der Waals surface area contributed by atoms with Gasteiger partial charge in [-0.15, -0.1) is 11.8 Å². The summed E-state index contributed by atoms with van der Waals surface area (Å²) in [6, 6.07) is -0.858. The van der Waals surface area contributed by atoms with Crippen molar-refractivity contribution in [2.75, 3.05) is 26.1 Å². The first-order valence-corrected chi connectivity index (χ1v) is 7.36. The molecular weight excluding hydrogens is 268 g/mol. The van der Waals surface area contributed by atoms with Crippen molar-refractivity contribution in [1.82, 2.24) is 10.2 Å². The van der Waals surface area contributed by atoms with Crippen molar-refractivity contribution in [3.05, 3.63) is 0 Å². The van der Waals surface area contributed by atoms with Gasteiger partial charge < -0.3 is 20.1 Å². The second kappa shape index (κ2) is 5.68. The first kappa shape index (κ1) is 14.6. The van der Waals surface area contributed by atoms with Crippen molar-refractivity contribution >= 4 is 23.6 Å². The number of rotatable bonds is 5. The molecule has 0 aromatic rings. The summed E-state index contributed by atoms with van der Waals surface area (Å²) >= 11 is 1.65. The number of hydrogen-bond donors (Lipinski definition) is 2. The smallest absolute Gasteiger partial charge is 0.244 e. The van der Waals surface area contributed by atoms with Gasteiger partial charge in [0.15, 0.2) is 0 Å². The molecule has 0 aliphatic carbocycles. The van der Waals surface area contributed by atoms with Crippen LogP contribution in [0.4, 0.5) is 0 Å². The lowest BCUT2D eigenvalue weighted by molar-refractivity contribution is -0.138. The number of aliphatic hydroxyl groups excluding tert-OH is 1. The van der Waals surface area contributed by atoms with Gasteiger partial charge in [0.2, 0.25) is 11.8 Å². The number of nitrogens with one attached hydrogen (secondary N) is 1. The predicted octanol–water partition coefficient (Wildman–Crippen LogP) is -0.436. The topological polar surface area (TPSA) is 78.9 Å². The SMILES string of the molecule is COC[C@H](CO)NC(=O)[C@H]1CS[C@@]2(C)CCC(=O)N12. The molecule has 2 rings (SSSR count). The molecule has 0 saturated carbocycles. The van der Waals surface area contributed by atoms with Gasteiger partial charge in [0.1, 0.15) is 6.04 Å². The summed E-state index contributed by atoms with van der Waals surface area (Å²) in [5, 5.41) is 11.9. The molecule has 108 valence electrons. The normalized spacial score (nSPS) is 31.4. The summed E-state index contributed by atoms with van der Waals surface area (Å²) in [5.74, 6) is 0.446. The number of nitrogens with zero attached hydrogens (tertiary/aromatic N) is 1. The first-order chi connectivity index (χ1) is 9.01. The minimum absolute atomic E-state index is 0.0416. The van der Waals surface area contributed by atoms with E-state index in [1.807, 2.05) is 6.92 Å². The van der Waals surface area contributed by atoms with Crippen LogP contribution in [0.1, 0.15) is 19.8 Å². The monoisotopic (exact) mass is 288 g/mol. The lowest BCUT2D eigenvalue weighted by Crippen LogP contribution is -2.53. The summed E-state index contributed by atoms with van der Waals surface area (Å²) in [7, 11) is 1.52. The number of hydrogen-bond acceptors (Lipinski definition) is 5. The van der Waals surface area contributed by atoms with Gasteiger partial charge in [-0.1, -0.05) is 0 Å². The van der Waals surface area contributed by atoms with Gasteiger partial charge in [-0.2, -0.15) is 0 Å². The van der Waals surface area contributed by atoms with Crippen LogP contribution < -0.4 is 5.32 Å². The van der Waals surface area contributed by atoms with Crippen LogP contribution in [0.25, 0.3) is 0 Å². The molecule has 0 aromatic heterocycles. The third-order valence-electron chi connectivity index (χ3n) is 3.68. The Morgan fingerprint density at radius 2 is 2.47 bits per heavy atom. The Morgan fingerprint density at radius 3 is 3.11 bits per heavy atom. The standard InChI is InChI=1S/C12H20N2O4S/c1-12-4-3-10(16)14(12)9(7-19-12)11(17)13-8(5-15)6-18-2/h8-9,15H,3-7H2,1-2H3,(H,13,17)/t8-,9+,12-/m0/s1. The molecule has 3 atom stereocenters. The highest BCUT2D eigenvalue weighted by atomic mass is 32.2. The van der Waals surface area contributed by atoms with Crippen molar-refractivity contribution in [3.8, 4) is 0 Å². The number of aliphatic hydroxyl groups is 1. The molecule has 0 spiro atoms. The number of amides is 2. The van der Waals surface area contributed by atoms with E-state index in [1.165, 1.54) is 7.11 Å². The Morgan fingerprint density at radius 1 is 1.74 bits per heavy atom. The molecule has 2 aliphatic heterocycles. The summed E-state index contributed by atoms with van der Waals surface area (Å²) in [4.78, 5) is 25.6. The van der Waals surface area contributed by atoms with Crippen LogP contribution in [0.2, 0.25) is 0 Å². The molecule has 19 heavy (non-hydrogen) atoms. The molecular formula is C12H20N2O4S. The molecule has 0 bridgehead atoms. The fourth-order valence-electron chi connectivity index (χ4n) is 2.65. The molecule has 2 saturated heterocycles. The Bertz CT molecular complexity index is 379. The fraction of sp³-hybridized carbons (Fsp3) is 0.833. The number of fused-ring (bicyclic) bond motifs is 1. The van der Waals surface area contributed by atoms with Gasteiger partial charge in [0.25, 0.3) is 0 Å². The Labute approximate surface area is 116 Å². The van der Waals surface area contributed by atoms with E-state index in [-0.39, 0.29) is 29.9 Å². The van der Waals surface area contributed by atoms with Gasteiger partial charge >= 0.3 is 0 Å². The average Bonchev–Trinajstić information content (AvgIpc) is 2.86. The number of ether oxygens (including phenoxy) is 1. The summed E-state index contributed by atoms with van der Waals surface area (Å²) in [5.41, 5.74) is 0. The van der Waals surface area contributed by atoms with E-state index < -0.39 is 12.1 Å². The zero-order valence-electron chi connectivity index (χ0n) is 11.2. The molecule has 2 amide bonds. The molecule has 0 unspecified atom stereocenters. The summed E-state index contributed by atoms with van der Waals surface area (Å²) < 4.78 is 4.93. The van der Waals surface area contributed by atoms with Crippen molar-refractivity contribution < 1.29 is 19.4 Å². The van der Waals surface area contributed by atoms with Crippen LogP contribution in [0.3, 0.4) is 0 Å². The minimum atomic E-state index is -0.434. The highest BCUT2D eigenvalue weighted by Gasteiger charge is 2.52. The zero-order valence-corrected chi connectivity index (χ0v) is 12.0. The molecule has 2 fully saturated rings. The van der Waals surface area contributed by atoms with E-state index in [9.17, 15) is 9.59 Å². The van der Waals surface area contributed by atoms with Gasteiger partial charge in [0, 0.05) is 19.3 Å². The maximum atomic E-state index is 12.2. The molecule has 2 heterocycles.